The lowest BCUT2D eigenvalue weighted by molar-refractivity contribution is -0.0361. The van der Waals surface area contributed by atoms with E-state index in [4.69, 9.17) is 11.6 Å². The van der Waals surface area contributed by atoms with Gasteiger partial charge in [-0.3, -0.25) is 0 Å². The first-order valence-corrected chi connectivity index (χ1v) is 6.05. The Labute approximate surface area is 101 Å². The SMILES string of the molecule is Cc1cc(Cl)cc(C2(O)CCC(O)CC2)c1. The van der Waals surface area contributed by atoms with E-state index in [2.05, 4.69) is 0 Å². The van der Waals surface area contributed by atoms with Crippen LogP contribution < -0.4 is 0 Å². The fraction of sp³-hybridized carbons (Fsp3) is 0.538. The third-order valence-electron chi connectivity index (χ3n) is 3.36. The largest absolute Gasteiger partial charge is 0.393 e. The lowest BCUT2D eigenvalue weighted by Gasteiger charge is -2.35. The maximum atomic E-state index is 10.5. The summed E-state index contributed by atoms with van der Waals surface area (Å²) >= 11 is 6.00. The van der Waals surface area contributed by atoms with Crippen LogP contribution in [-0.2, 0) is 5.60 Å². The third-order valence-corrected chi connectivity index (χ3v) is 3.58. The Morgan fingerprint density at radius 2 is 1.88 bits per heavy atom. The molecule has 88 valence electrons. The summed E-state index contributed by atoms with van der Waals surface area (Å²) in [4.78, 5) is 0. The lowest BCUT2D eigenvalue weighted by atomic mass is 9.78. The molecule has 1 fully saturated rings. The minimum Gasteiger partial charge on any atom is -0.393 e. The molecule has 0 bridgehead atoms. The fourth-order valence-electron chi connectivity index (χ4n) is 2.37. The molecule has 0 heterocycles. The van der Waals surface area contributed by atoms with Crippen molar-refractivity contribution in [3.63, 3.8) is 0 Å². The van der Waals surface area contributed by atoms with Crippen molar-refractivity contribution in [1.82, 2.24) is 0 Å². The number of aliphatic hydroxyl groups is 2. The Morgan fingerprint density at radius 3 is 2.44 bits per heavy atom. The lowest BCUT2D eigenvalue weighted by Crippen LogP contribution is -2.33. The maximum Gasteiger partial charge on any atom is 0.0899 e. The van der Waals surface area contributed by atoms with Crippen molar-refractivity contribution in [3.05, 3.63) is 34.3 Å². The van der Waals surface area contributed by atoms with Gasteiger partial charge in [-0.15, -0.1) is 0 Å². The number of hydrogen-bond donors (Lipinski definition) is 2. The van der Waals surface area contributed by atoms with Crippen molar-refractivity contribution in [3.8, 4) is 0 Å². The summed E-state index contributed by atoms with van der Waals surface area (Å²) in [5.41, 5.74) is 1.13. The van der Waals surface area contributed by atoms with Gasteiger partial charge in [0.25, 0.3) is 0 Å². The number of aliphatic hydroxyl groups excluding tert-OH is 1. The summed E-state index contributed by atoms with van der Waals surface area (Å²) in [5, 5.41) is 20.7. The molecule has 1 aromatic rings. The van der Waals surface area contributed by atoms with Gasteiger partial charge in [0.1, 0.15) is 0 Å². The Hall–Kier alpha value is -0.570. The molecule has 1 aliphatic rings. The summed E-state index contributed by atoms with van der Waals surface area (Å²) in [6.07, 6.45) is 2.26. The van der Waals surface area contributed by atoms with Crippen LogP contribution in [0, 0.1) is 6.92 Å². The second kappa shape index (κ2) is 4.36. The van der Waals surface area contributed by atoms with Crippen LogP contribution >= 0.6 is 11.6 Å². The average Bonchev–Trinajstić information content (AvgIpc) is 2.21. The minimum absolute atomic E-state index is 0.263. The standard InChI is InChI=1S/C13H17ClO2/c1-9-6-10(8-11(14)7-9)13(16)4-2-12(15)3-5-13/h6-8,12,15-16H,2-5H2,1H3. The van der Waals surface area contributed by atoms with Crippen LogP contribution in [0.4, 0.5) is 0 Å². The van der Waals surface area contributed by atoms with Crippen LogP contribution in [0.15, 0.2) is 18.2 Å². The smallest absolute Gasteiger partial charge is 0.0899 e. The predicted molar refractivity (Wildman–Crippen MR) is 64.6 cm³/mol. The number of aryl methyl sites for hydroxylation is 1. The molecule has 0 radical (unpaired) electrons. The van der Waals surface area contributed by atoms with Crippen molar-refractivity contribution < 1.29 is 10.2 Å². The first-order chi connectivity index (χ1) is 7.49. The fourth-order valence-corrected chi connectivity index (χ4v) is 2.66. The molecule has 1 aromatic carbocycles. The van der Waals surface area contributed by atoms with Crippen LogP contribution in [-0.4, -0.2) is 16.3 Å². The molecule has 2 nitrogen and oxygen atoms in total. The van der Waals surface area contributed by atoms with Crippen molar-refractivity contribution in [2.45, 2.75) is 44.3 Å². The van der Waals surface area contributed by atoms with Crippen molar-refractivity contribution in [1.29, 1.82) is 0 Å². The first-order valence-electron chi connectivity index (χ1n) is 5.68. The highest BCUT2D eigenvalue weighted by atomic mass is 35.5. The van der Waals surface area contributed by atoms with Crippen LogP contribution in [0.5, 0.6) is 0 Å². The highest BCUT2D eigenvalue weighted by Crippen LogP contribution is 2.38. The van der Waals surface area contributed by atoms with E-state index in [1.165, 1.54) is 0 Å². The second-order valence-electron chi connectivity index (χ2n) is 4.78. The van der Waals surface area contributed by atoms with E-state index < -0.39 is 5.60 Å². The normalized spacial score (nSPS) is 30.4. The summed E-state index contributed by atoms with van der Waals surface area (Å²) in [5.74, 6) is 0. The molecule has 2 N–H and O–H groups in total. The van der Waals surface area contributed by atoms with E-state index in [0.29, 0.717) is 30.7 Å². The topological polar surface area (TPSA) is 40.5 Å². The molecule has 0 atom stereocenters. The molecule has 3 heteroatoms. The minimum atomic E-state index is -0.811. The van der Waals surface area contributed by atoms with E-state index in [0.717, 1.165) is 11.1 Å². The Balaban J connectivity index is 2.28. The molecule has 2 rings (SSSR count). The van der Waals surface area contributed by atoms with Crippen molar-refractivity contribution in [2.24, 2.45) is 0 Å². The third kappa shape index (κ3) is 2.40. The van der Waals surface area contributed by atoms with Crippen LogP contribution in [0.1, 0.15) is 36.8 Å². The van der Waals surface area contributed by atoms with E-state index in [1.807, 2.05) is 25.1 Å². The quantitative estimate of drug-likeness (QED) is 0.793. The van der Waals surface area contributed by atoms with Crippen molar-refractivity contribution >= 4 is 11.6 Å². The molecular weight excluding hydrogens is 224 g/mol. The highest BCUT2D eigenvalue weighted by Gasteiger charge is 2.34. The van der Waals surface area contributed by atoms with E-state index in [-0.39, 0.29) is 6.10 Å². The van der Waals surface area contributed by atoms with E-state index >= 15 is 0 Å². The molecule has 0 aliphatic heterocycles. The van der Waals surface area contributed by atoms with Gasteiger partial charge in [0.2, 0.25) is 0 Å². The van der Waals surface area contributed by atoms with Gasteiger partial charge in [-0.1, -0.05) is 17.7 Å². The van der Waals surface area contributed by atoms with Gasteiger partial charge in [0.05, 0.1) is 11.7 Å². The number of rotatable bonds is 1. The molecule has 1 saturated carbocycles. The van der Waals surface area contributed by atoms with Gasteiger partial charge in [-0.25, -0.2) is 0 Å². The second-order valence-corrected chi connectivity index (χ2v) is 5.22. The molecule has 0 aromatic heterocycles. The monoisotopic (exact) mass is 240 g/mol. The molecule has 1 aliphatic carbocycles. The Bertz CT molecular complexity index is 361. The number of halogens is 1. The Morgan fingerprint density at radius 1 is 1.25 bits per heavy atom. The summed E-state index contributed by atoms with van der Waals surface area (Å²) < 4.78 is 0. The molecular formula is C13H17ClO2. The number of benzene rings is 1. The molecule has 0 unspecified atom stereocenters. The van der Waals surface area contributed by atoms with Gasteiger partial charge < -0.3 is 10.2 Å². The van der Waals surface area contributed by atoms with Crippen LogP contribution in [0.2, 0.25) is 5.02 Å². The van der Waals surface area contributed by atoms with Gasteiger partial charge in [-0.05, 0) is 55.9 Å². The summed E-state index contributed by atoms with van der Waals surface area (Å²) in [6.45, 7) is 1.97. The molecule has 0 saturated heterocycles. The first kappa shape index (κ1) is 11.9. The zero-order valence-electron chi connectivity index (χ0n) is 9.41. The summed E-state index contributed by atoms with van der Waals surface area (Å²) in [7, 11) is 0. The van der Waals surface area contributed by atoms with E-state index in [9.17, 15) is 10.2 Å². The zero-order chi connectivity index (χ0) is 11.8. The summed E-state index contributed by atoms with van der Waals surface area (Å²) in [6, 6.07) is 5.68. The van der Waals surface area contributed by atoms with Gasteiger partial charge in [-0.2, -0.15) is 0 Å². The predicted octanol–water partition coefficient (Wildman–Crippen LogP) is 2.77. The maximum absolute atomic E-state index is 10.5. The molecule has 0 spiro atoms. The Kier molecular flexibility index (Phi) is 3.24. The molecule has 16 heavy (non-hydrogen) atoms. The van der Waals surface area contributed by atoms with Gasteiger partial charge in [0, 0.05) is 5.02 Å². The van der Waals surface area contributed by atoms with Gasteiger partial charge >= 0.3 is 0 Å². The molecule has 0 amide bonds. The van der Waals surface area contributed by atoms with Crippen LogP contribution in [0.3, 0.4) is 0 Å². The van der Waals surface area contributed by atoms with Crippen molar-refractivity contribution in [2.75, 3.05) is 0 Å². The van der Waals surface area contributed by atoms with Gasteiger partial charge in [0.15, 0.2) is 0 Å². The average molecular weight is 241 g/mol. The zero-order valence-corrected chi connectivity index (χ0v) is 10.2. The van der Waals surface area contributed by atoms with E-state index in [1.54, 1.807) is 0 Å². The number of hydrogen-bond acceptors (Lipinski definition) is 2. The highest BCUT2D eigenvalue weighted by molar-refractivity contribution is 6.30. The van der Waals surface area contributed by atoms with Crippen LogP contribution in [0.25, 0.3) is 0 Å².